The van der Waals surface area contributed by atoms with Crippen LogP contribution in [0.25, 0.3) is 0 Å². The fourth-order valence-electron chi connectivity index (χ4n) is 1.42. The Morgan fingerprint density at radius 3 is 2.77 bits per heavy atom. The van der Waals surface area contributed by atoms with E-state index in [1.165, 1.54) is 0 Å². The zero-order valence-corrected chi connectivity index (χ0v) is 7.44. The molecule has 1 aliphatic rings. The molecule has 1 saturated heterocycles. The van der Waals surface area contributed by atoms with Crippen molar-refractivity contribution in [2.45, 2.75) is 25.5 Å². The van der Waals surface area contributed by atoms with Gasteiger partial charge < -0.3 is 10.5 Å². The predicted octanol–water partition coefficient (Wildman–Crippen LogP) is 0.787. The second kappa shape index (κ2) is 3.81. The summed E-state index contributed by atoms with van der Waals surface area (Å²) in [4.78, 5) is 8.43. The molecule has 0 aromatic carbocycles. The smallest absolute Gasteiger partial charge is 0.157 e. The van der Waals surface area contributed by atoms with Crippen LogP contribution in [-0.4, -0.2) is 16.6 Å². The average molecular weight is 179 g/mol. The van der Waals surface area contributed by atoms with E-state index in [-0.39, 0.29) is 6.10 Å². The van der Waals surface area contributed by atoms with Crippen molar-refractivity contribution in [3.05, 3.63) is 23.8 Å². The molecule has 0 saturated carbocycles. The summed E-state index contributed by atoms with van der Waals surface area (Å²) < 4.78 is 5.46. The fourth-order valence-corrected chi connectivity index (χ4v) is 1.42. The van der Waals surface area contributed by atoms with Crippen LogP contribution >= 0.6 is 0 Å². The van der Waals surface area contributed by atoms with E-state index < -0.39 is 0 Å². The normalized spacial score (nSPS) is 22.1. The van der Waals surface area contributed by atoms with Gasteiger partial charge in [0.25, 0.3) is 0 Å². The highest BCUT2D eigenvalue weighted by molar-refractivity contribution is 5.06. The summed E-state index contributed by atoms with van der Waals surface area (Å²) in [5, 5.41) is 0. The highest BCUT2D eigenvalue weighted by atomic mass is 16.5. The third-order valence-electron chi connectivity index (χ3n) is 2.18. The molecule has 0 amide bonds. The number of nitrogens with two attached hydrogens (primary N) is 1. The van der Waals surface area contributed by atoms with Gasteiger partial charge in [-0.15, -0.1) is 0 Å². The number of hydrogen-bond donors (Lipinski definition) is 1. The minimum absolute atomic E-state index is 0.104. The SMILES string of the molecule is NCc1cnc(C2CCCO2)nc1. The first-order valence-electron chi connectivity index (χ1n) is 4.52. The van der Waals surface area contributed by atoms with Crippen molar-refractivity contribution in [1.29, 1.82) is 0 Å². The molecule has 4 heteroatoms. The molecule has 1 fully saturated rings. The number of aromatic nitrogens is 2. The van der Waals surface area contributed by atoms with Gasteiger partial charge in [-0.1, -0.05) is 0 Å². The molecule has 1 aromatic rings. The summed E-state index contributed by atoms with van der Waals surface area (Å²) in [5.74, 6) is 0.787. The third-order valence-corrected chi connectivity index (χ3v) is 2.18. The Morgan fingerprint density at radius 1 is 1.46 bits per heavy atom. The number of rotatable bonds is 2. The van der Waals surface area contributed by atoms with Gasteiger partial charge >= 0.3 is 0 Å². The Kier molecular flexibility index (Phi) is 2.52. The van der Waals surface area contributed by atoms with Crippen molar-refractivity contribution in [1.82, 2.24) is 9.97 Å². The molecule has 0 bridgehead atoms. The van der Waals surface area contributed by atoms with E-state index in [1.807, 2.05) is 0 Å². The van der Waals surface area contributed by atoms with Crippen LogP contribution in [0.5, 0.6) is 0 Å². The Morgan fingerprint density at radius 2 is 2.23 bits per heavy atom. The van der Waals surface area contributed by atoms with Gasteiger partial charge in [0.1, 0.15) is 6.10 Å². The fraction of sp³-hybridized carbons (Fsp3) is 0.556. The van der Waals surface area contributed by atoms with Gasteiger partial charge in [-0.3, -0.25) is 0 Å². The van der Waals surface area contributed by atoms with E-state index in [0.29, 0.717) is 6.54 Å². The summed E-state index contributed by atoms with van der Waals surface area (Å²) in [6, 6.07) is 0. The first kappa shape index (κ1) is 8.59. The third kappa shape index (κ3) is 1.84. The van der Waals surface area contributed by atoms with Gasteiger partial charge in [-0.05, 0) is 12.8 Å². The van der Waals surface area contributed by atoms with Crippen LogP contribution in [0.4, 0.5) is 0 Å². The van der Waals surface area contributed by atoms with Crippen LogP contribution in [0.3, 0.4) is 0 Å². The molecule has 1 aliphatic heterocycles. The summed E-state index contributed by atoms with van der Waals surface area (Å²) in [6.07, 6.45) is 5.77. The van der Waals surface area contributed by atoms with E-state index in [2.05, 4.69) is 9.97 Å². The van der Waals surface area contributed by atoms with Gasteiger partial charge in [-0.25, -0.2) is 9.97 Å². The molecule has 13 heavy (non-hydrogen) atoms. The quantitative estimate of drug-likeness (QED) is 0.729. The highest BCUT2D eigenvalue weighted by Crippen LogP contribution is 2.25. The first-order chi connectivity index (χ1) is 6.40. The minimum Gasteiger partial charge on any atom is -0.370 e. The molecule has 1 unspecified atom stereocenters. The number of nitrogens with zero attached hydrogens (tertiary/aromatic N) is 2. The van der Waals surface area contributed by atoms with Crippen molar-refractivity contribution in [3.63, 3.8) is 0 Å². The molecule has 2 rings (SSSR count). The number of ether oxygens (including phenoxy) is 1. The monoisotopic (exact) mass is 179 g/mol. The second-order valence-corrected chi connectivity index (χ2v) is 3.16. The zero-order chi connectivity index (χ0) is 9.10. The molecule has 70 valence electrons. The van der Waals surface area contributed by atoms with Gasteiger partial charge in [0.05, 0.1) is 0 Å². The Labute approximate surface area is 77.1 Å². The standard InChI is InChI=1S/C9H13N3O/c10-4-7-5-11-9(12-6-7)8-2-1-3-13-8/h5-6,8H,1-4,10H2. The second-order valence-electron chi connectivity index (χ2n) is 3.16. The van der Waals surface area contributed by atoms with Crippen molar-refractivity contribution < 1.29 is 4.74 Å². The van der Waals surface area contributed by atoms with E-state index in [9.17, 15) is 0 Å². The maximum Gasteiger partial charge on any atom is 0.157 e. The van der Waals surface area contributed by atoms with Crippen LogP contribution < -0.4 is 5.73 Å². The molecular formula is C9H13N3O. The molecule has 4 nitrogen and oxygen atoms in total. The predicted molar refractivity (Wildman–Crippen MR) is 47.9 cm³/mol. The molecule has 0 spiro atoms. The molecular weight excluding hydrogens is 166 g/mol. The van der Waals surface area contributed by atoms with E-state index in [0.717, 1.165) is 30.8 Å². The van der Waals surface area contributed by atoms with Crippen LogP contribution in [0.2, 0.25) is 0 Å². The summed E-state index contributed by atoms with van der Waals surface area (Å²) in [6.45, 7) is 1.32. The molecule has 2 N–H and O–H groups in total. The van der Waals surface area contributed by atoms with Crippen molar-refractivity contribution >= 4 is 0 Å². The van der Waals surface area contributed by atoms with Crippen molar-refractivity contribution in [2.24, 2.45) is 5.73 Å². The summed E-state index contributed by atoms with van der Waals surface area (Å²) >= 11 is 0. The lowest BCUT2D eigenvalue weighted by Gasteiger charge is -2.06. The zero-order valence-electron chi connectivity index (χ0n) is 7.44. The van der Waals surface area contributed by atoms with Gasteiger partial charge in [0.15, 0.2) is 5.82 Å². The van der Waals surface area contributed by atoms with E-state index >= 15 is 0 Å². The average Bonchev–Trinajstić information content (AvgIpc) is 2.71. The Bertz CT molecular complexity index is 267. The topological polar surface area (TPSA) is 61.0 Å². The van der Waals surface area contributed by atoms with Crippen LogP contribution in [0.15, 0.2) is 12.4 Å². The molecule has 2 heterocycles. The van der Waals surface area contributed by atoms with Gasteiger partial charge in [0.2, 0.25) is 0 Å². The summed E-state index contributed by atoms with van der Waals surface area (Å²) in [5.41, 5.74) is 6.40. The number of hydrogen-bond acceptors (Lipinski definition) is 4. The Hall–Kier alpha value is -1.00. The molecule has 1 atom stereocenters. The summed E-state index contributed by atoms with van der Waals surface area (Å²) in [7, 11) is 0. The lowest BCUT2D eigenvalue weighted by Crippen LogP contribution is -2.05. The van der Waals surface area contributed by atoms with Gasteiger partial charge in [-0.2, -0.15) is 0 Å². The lowest BCUT2D eigenvalue weighted by atomic mass is 10.2. The largest absolute Gasteiger partial charge is 0.370 e. The molecule has 0 aliphatic carbocycles. The highest BCUT2D eigenvalue weighted by Gasteiger charge is 2.19. The van der Waals surface area contributed by atoms with E-state index in [4.69, 9.17) is 10.5 Å². The maximum absolute atomic E-state index is 5.46. The van der Waals surface area contributed by atoms with Crippen LogP contribution in [0, 0.1) is 0 Å². The first-order valence-corrected chi connectivity index (χ1v) is 4.52. The molecule has 1 aromatic heterocycles. The Balaban J connectivity index is 2.12. The molecule has 0 radical (unpaired) electrons. The van der Waals surface area contributed by atoms with Crippen molar-refractivity contribution in [3.8, 4) is 0 Å². The van der Waals surface area contributed by atoms with E-state index in [1.54, 1.807) is 12.4 Å². The van der Waals surface area contributed by atoms with Crippen LogP contribution in [0.1, 0.15) is 30.3 Å². The van der Waals surface area contributed by atoms with Gasteiger partial charge in [0, 0.05) is 31.1 Å². The minimum atomic E-state index is 0.104. The van der Waals surface area contributed by atoms with Crippen LogP contribution in [-0.2, 0) is 11.3 Å². The van der Waals surface area contributed by atoms with Crippen molar-refractivity contribution in [2.75, 3.05) is 6.61 Å². The maximum atomic E-state index is 5.46. The lowest BCUT2D eigenvalue weighted by molar-refractivity contribution is 0.105.